The maximum Gasteiger partial charge on any atom is 0.264 e. The third-order valence-electron chi connectivity index (χ3n) is 6.74. The fourth-order valence-corrected chi connectivity index (χ4v) is 8.33. The number of sulfone groups is 1. The van der Waals surface area contributed by atoms with Crippen molar-refractivity contribution in [3.05, 3.63) is 55.7 Å². The number of halogens is 1. The Labute approximate surface area is 196 Å². The maximum absolute atomic E-state index is 13.2. The van der Waals surface area contributed by atoms with E-state index >= 15 is 0 Å². The van der Waals surface area contributed by atoms with Gasteiger partial charge in [-0.05, 0) is 62.3 Å². The van der Waals surface area contributed by atoms with E-state index in [9.17, 15) is 18.0 Å². The Morgan fingerprint density at radius 1 is 1.25 bits per heavy atom. The van der Waals surface area contributed by atoms with Crippen molar-refractivity contribution >= 4 is 44.6 Å². The standard InChI is InChI=1S/C23H25ClN2O4S2/c1-14-19(21(27)25-12-15-2-4-16(24)5-3-15)18-8-11-26(22(28)20(18)31-14)13-23(9-10-23)32(29,30)17-6-7-17/h2-5,17H,6-13H2,1H3,(H,25,27). The summed E-state index contributed by atoms with van der Waals surface area (Å²) in [6.45, 7) is 2.96. The fourth-order valence-electron chi connectivity index (χ4n) is 4.57. The lowest BCUT2D eigenvalue weighted by molar-refractivity contribution is 0.0741. The van der Waals surface area contributed by atoms with E-state index in [0.717, 1.165) is 28.8 Å². The van der Waals surface area contributed by atoms with E-state index < -0.39 is 14.6 Å². The van der Waals surface area contributed by atoms with Crippen LogP contribution >= 0.6 is 22.9 Å². The number of rotatable bonds is 7. The van der Waals surface area contributed by atoms with Gasteiger partial charge in [-0.1, -0.05) is 23.7 Å². The number of hydrogen-bond acceptors (Lipinski definition) is 5. The molecule has 2 fully saturated rings. The van der Waals surface area contributed by atoms with Gasteiger partial charge in [0.15, 0.2) is 9.84 Å². The van der Waals surface area contributed by atoms with Crippen molar-refractivity contribution in [2.45, 2.75) is 55.6 Å². The smallest absolute Gasteiger partial charge is 0.264 e. The Kier molecular flexibility index (Phi) is 5.38. The molecule has 5 rings (SSSR count). The highest BCUT2D eigenvalue weighted by molar-refractivity contribution is 7.94. The van der Waals surface area contributed by atoms with Crippen LogP contribution in [0.1, 0.15) is 61.7 Å². The summed E-state index contributed by atoms with van der Waals surface area (Å²) in [6, 6.07) is 7.29. The third-order valence-corrected chi connectivity index (χ3v) is 11.2. The number of nitrogens with zero attached hydrogens (tertiary/aromatic N) is 1. The van der Waals surface area contributed by atoms with E-state index in [4.69, 9.17) is 11.6 Å². The molecular weight excluding hydrogens is 468 g/mol. The minimum Gasteiger partial charge on any atom is -0.348 e. The Bertz CT molecular complexity index is 1200. The van der Waals surface area contributed by atoms with Crippen LogP contribution in [0.4, 0.5) is 0 Å². The first-order chi connectivity index (χ1) is 15.2. The lowest BCUT2D eigenvalue weighted by Crippen LogP contribution is -2.46. The first-order valence-electron chi connectivity index (χ1n) is 10.9. The number of carbonyl (C=O) groups excluding carboxylic acids is 2. The van der Waals surface area contributed by atoms with Gasteiger partial charge >= 0.3 is 0 Å². The topological polar surface area (TPSA) is 83.6 Å². The number of fused-ring (bicyclic) bond motifs is 1. The molecule has 0 unspecified atom stereocenters. The molecule has 2 heterocycles. The van der Waals surface area contributed by atoms with E-state index in [1.807, 2.05) is 19.1 Å². The van der Waals surface area contributed by atoms with Gasteiger partial charge in [0.1, 0.15) is 0 Å². The molecule has 32 heavy (non-hydrogen) atoms. The molecule has 2 amide bonds. The third kappa shape index (κ3) is 3.76. The van der Waals surface area contributed by atoms with Crippen LogP contribution in [-0.2, 0) is 22.8 Å². The average molecular weight is 493 g/mol. The SMILES string of the molecule is Cc1sc2c(c1C(=O)NCc1ccc(Cl)cc1)CCN(CC1(S(=O)(=O)C3CC3)CC1)C2=O. The van der Waals surface area contributed by atoms with Crippen molar-refractivity contribution in [2.75, 3.05) is 13.1 Å². The van der Waals surface area contributed by atoms with Gasteiger partial charge in [0.05, 0.1) is 20.4 Å². The van der Waals surface area contributed by atoms with E-state index in [1.165, 1.54) is 11.3 Å². The van der Waals surface area contributed by atoms with Crippen molar-refractivity contribution in [3.8, 4) is 0 Å². The molecule has 1 aromatic heterocycles. The molecule has 9 heteroatoms. The van der Waals surface area contributed by atoms with Crippen LogP contribution in [0.2, 0.25) is 5.02 Å². The van der Waals surface area contributed by atoms with Crippen molar-refractivity contribution in [2.24, 2.45) is 0 Å². The van der Waals surface area contributed by atoms with E-state index in [1.54, 1.807) is 17.0 Å². The molecular formula is C23H25ClN2O4S2. The van der Waals surface area contributed by atoms with Gasteiger partial charge in [-0.15, -0.1) is 11.3 Å². The largest absolute Gasteiger partial charge is 0.348 e. The predicted octanol–water partition coefficient (Wildman–Crippen LogP) is 3.75. The number of aryl methyl sites for hydroxylation is 1. The summed E-state index contributed by atoms with van der Waals surface area (Å²) in [5, 5.41) is 3.38. The predicted molar refractivity (Wildman–Crippen MR) is 125 cm³/mol. The van der Waals surface area contributed by atoms with E-state index in [-0.39, 0.29) is 23.6 Å². The van der Waals surface area contributed by atoms with Gasteiger partial charge in [-0.3, -0.25) is 9.59 Å². The molecule has 6 nitrogen and oxygen atoms in total. The summed E-state index contributed by atoms with van der Waals surface area (Å²) < 4.78 is 25.0. The number of thiophene rings is 1. The highest BCUT2D eigenvalue weighted by Crippen LogP contribution is 2.51. The van der Waals surface area contributed by atoms with Gasteiger partial charge in [-0.25, -0.2) is 8.42 Å². The van der Waals surface area contributed by atoms with Crippen LogP contribution in [0.3, 0.4) is 0 Å². The van der Waals surface area contributed by atoms with Gasteiger partial charge in [0.2, 0.25) is 0 Å². The Morgan fingerprint density at radius 3 is 2.56 bits per heavy atom. The number of amides is 2. The van der Waals surface area contributed by atoms with Crippen molar-refractivity contribution in [1.82, 2.24) is 10.2 Å². The van der Waals surface area contributed by atoms with Crippen molar-refractivity contribution in [3.63, 3.8) is 0 Å². The molecule has 1 N–H and O–H groups in total. The molecule has 2 saturated carbocycles. The molecule has 0 saturated heterocycles. The van der Waals surface area contributed by atoms with Gasteiger partial charge in [0.25, 0.3) is 11.8 Å². The summed E-state index contributed by atoms with van der Waals surface area (Å²) in [5.41, 5.74) is 2.31. The quantitative estimate of drug-likeness (QED) is 0.638. The van der Waals surface area contributed by atoms with Gasteiger partial charge in [0, 0.05) is 29.5 Å². The average Bonchev–Trinajstić information content (AvgIpc) is 3.67. The monoisotopic (exact) mass is 492 g/mol. The van der Waals surface area contributed by atoms with E-state index in [0.29, 0.717) is 47.8 Å². The first-order valence-corrected chi connectivity index (χ1v) is 13.6. The zero-order valence-corrected chi connectivity index (χ0v) is 20.2. The Morgan fingerprint density at radius 2 is 1.94 bits per heavy atom. The van der Waals surface area contributed by atoms with E-state index in [2.05, 4.69) is 5.32 Å². The van der Waals surface area contributed by atoms with Crippen LogP contribution in [0.5, 0.6) is 0 Å². The minimum absolute atomic E-state index is 0.145. The van der Waals surface area contributed by atoms with Crippen molar-refractivity contribution in [1.29, 1.82) is 0 Å². The van der Waals surface area contributed by atoms with Crippen LogP contribution in [0, 0.1) is 6.92 Å². The minimum atomic E-state index is -3.17. The Balaban J connectivity index is 1.31. The second-order valence-corrected chi connectivity index (χ2v) is 13.3. The zero-order chi connectivity index (χ0) is 22.7. The molecule has 1 aliphatic heterocycles. The molecule has 0 radical (unpaired) electrons. The molecule has 2 aliphatic carbocycles. The van der Waals surface area contributed by atoms with Crippen molar-refractivity contribution < 1.29 is 18.0 Å². The summed E-state index contributed by atoms with van der Waals surface area (Å²) in [5.74, 6) is -0.334. The molecule has 2 aromatic rings. The van der Waals surface area contributed by atoms with Crippen LogP contribution in [-0.4, -0.2) is 48.2 Å². The summed E-state index contributed by atoms with van der Waals surface area (Å²) in [6.07, 6.45) is 3.35. The first kappa shape index (κ1) is 21.9. The van der Waals surface area contributed by atoms with Crippen LogP contribution in [0.15, 0.2) is 24.3 Å². The number of carbonyl (C=O) groups is 2. The molecule has 0 atom stereocenters. The lowest BCUT2D eigenvalue weighted by atomic mass is 10.0. The molecule has 0 bridgehead atoms. The number of benzene rings is 1. The second kappa shape index (κ2) is 7.85. The van der Waals surface area contributed by atoms with Gasteiger partial charge < -0.3 is 10.2 Å². The molecule has 170 valence electrons. The summed E-state index contributed by atoms with van der Waals surface area (Å²) >= 11 is 7.25. The normalized spacial score (nSPS) is 19.6. The fraction of sp³-hybridized carbons (Fsp3) is 0.478. The maximum atomic E-state index is 13.2. The highest BCUT2D eigenvalue weighted by Gasteiger charge is 2.60. The highest BCUT2D eigenvalue weighted by atomic mass is 35.5. The molecule has 3 aliphatic rings. The van der Waals surface area contributed by atoms with Crippen LogP contribution < -0.4 is 5.32 Å². The lowest BCUT2D eigenvalue weighted by Gasteiger charge is -2.31. The molecule has 1 aromatic carbocycles. The molecule has 0 spiro atoms. The van der Waals surface area contributed by atoms with Crippen LogP contribution in [0.25, 0.3) is 0 Å². The Hall–Kier alpha value is -1.90. The number of hydrogen-bond donors (Lipinski definition) is 1. The second-order valence-electron chi connectivity index (χ2n) is 9.05. The van der Waals surface area contributed by atoms with Gasteiger partial charge in [-0.2, -0.15) is 0 Å². The zero-order valence-electron chi connectivity index (χ0n) is 17.8. The summed E-state index contributed by atoms with van der Waals surface area (Å²) in [7, 11) is -3.17. The number of nitrogens with one attached hydrogen (secondary N) is 1. The summed E-state index contributed by atoms with van der Waals surface area (Å²) in [4.78, 5) is 29.3.